The summed E-state index contributed by atoms with van der Waals surface area (Å²) in [6.45, 7) is 7.66. The maximum absolute atomic E-state index is 14.0. The fourth-order valence-corrected chi connectivity index (χ4v) is 2.76. The van der Waals surface area contributed by atoms with Gasteiger partial charge in [0.05, 0.1) is 11.2 Å². The molecule has 0 heterocycles. The average molecular weight is 252 g/mol. The first-order chi connectivity index (χ1) is 8.65. The highest BCUT2D eigenvalue weighted by Gasteiger charge is 2.33. The number of hydrogen-bond donors (Lipinski definition) is 1. The van der Waals surface area contributed by atoms with Crippen LogP contribution in [0.3, 0.4) is 0 Å². The molecule has 0 bridgehead atoms. The Labute approximate surface area is 110 Å². The Morgan fingerprint density at radius 3 is 2.33 bits per heavy atom. The van der Waals surface area contributed by atoms with Crippen molar-refractivity contribution in [3.63, 3.8) is 0 Å². The van der Waals surface area contributed by atoms with Crippen molar-refractivity contribution in [1.29, 1.82) is 0 Å². The summed E-state index contributed by atoms with van der Waals surface area (Å²) >= 11 is 0. The molecule has 0 radical (unpaired) electrons. The van der Waals surface area contributed by atoms with Crippen molar-refractivity contribution in [1.82, 2.24) is 0 Å². The lowest BCUT2D eigenvalue weighted by Gasteiger charge is -2.44. The van der Waals surface area contributed by atoms with E-state index in [-0.39, 0.29) is 11.4 Å². The second kappa shape index (κ2) is 6.74. The van der Waals surface area contributed by atoms with Crippen molar-refractivity contribution in [2.45, 2.75) is 45.6 Å². The molecule has 0 aromatic heterocycles. The summed E-state index contributed by atoms with van der Waals surface area (Å²) < 4.78 is 14.0. The third-order valence-electron chi connectivity index (χ3n) is 3.79. The minimum absolute atomic E-state index is 0.133. The van der Waals surface area contributed by atoms with Crippen molar-refractivity contribution in [2.75, 3.05) is 18.0 Å². The van der Waals surface area contributed by atoms with Gasteiger partial charge < -0.3 is 10.6 Å². The quantitative estimate of drug-likeness (QED) is 0.804. The first-order valence-electron chi connectivity index (χ1n) is 6.87. The summed E-state index contributed by atoms with van der Waals surface area (Å²) in [7, 11) is 0. The fraction of sp³-hybridized carbons (Fsp3) is 0.600. The monoisotopic (exact) mass is 252 g/mol. The Hall–Kier alpha value is -1.09. The van der Waals surface area contributed by atoms with E-state index >= 15 is 0 Å². The van der Waals surface area contributed by atoms with Gasteiger partial charge in [0.25, 0.3) is 0 Å². The smallest absolute Gasteiger partial charge is 0.146 e. The van der Waals surface area contributed by atoms with Gasteiger partial charge in [-0.25, -0.2) is 4.39 Å². The molecular formula is C15H25FN2. The van der Waals surface area contributed by atoms with Gasteiger partial charge in [-0.1, -0.05) is 32.4 Å². The molecule has 0 saturated carbocycles. The lowest BCUT2D eigenvalue weighted by Crippen LogP contribution is -2.54. The van der Waals surface area contributed by atoms with E-state index in [9.17, 15) is 4.39 Å². The zero-order valence-electron chi connectivity index (χ0n) is 11.7. The molecule has 3 heteroatoms. The third kappa shape index (κ3) is 2.83. The van der Waals surface area contributed by atoms with Gasteiger partial charge in [-0.3, -0.25) is 0 Å². The van der Waals surface area contributed by atoms with Crippen LogP contribution in [0.5, 0.6) is 0 Å². The molecule has 102 valence electrons. The van der Waals surface area contributed by atoms with Crippen LogP contribution in [0, 0.1) is 5.82 Å². The zero-order valence-corrected chi connectivity index (χ0v) is 11.7. The normalized spacial score (nSPS) is 14.3. The highest BCUT2D eigenvalue weighted by Crippen LogP contribution is 2.31. The third-order valence-corrected chi connectivity index (χ3v) is 3.79. The zero-order chi connectivity index (χ0) is 13.6. The molecule has 0 fully saturated rings. The van der Waals surface area contributed by atoms with E-state index in [1.807, 2.05) is 12.1 Å². The number of benzene rings is 1. The van der Waals surface area contributed by atoms with E-state index in [4.69, 9.17) is 5.73 Å². The van der Waals surface area contributed by atoms with Crippen LogP contribution >= 0.6 is 0 Å². The van der Waals surface area contributed by atoms with Crippen LogP contribution in [0.25, 0.3) is 0 Å². The Kier molecular flexibility index (Phi) is 5.60. The van der Waals surface area contributed by atoms with Gasteiger partial charge in [0.15, 0.2) is 0 Å². The van der Waals surface area contributed by atoms with Crippen LogP contribution in [0.4, 0.5) is 10.1 Å². The molecule has 0 aliphatic rings. The van der Waals surface area contributed by atoms with Crippen molar-refractivity contribution >= 4 is 5.69 Å². The molecule has 1 unspecified atom stereocenters. The Balaban J connectivity index is 3.17. The van der Waals surface area contributed by atoms with Crippen LogP contribution < -0.4 is 10.6 Å². The van der Waals surface area contributed by atoms with E-state index in [2.05, 4.69) is 25.7 Å². The predicted molar refractivity (Wildman–Crippen MR) is 76.4 cm³/mol. The highest BCUT2D eigenvalue weighted by molar-refractivity contribution is 5.50. The summed E-state index contributed by atoms with van der Waals surface area (Å²) in [5.74, 6) is -0.165. The number of para-hydroxylation sites is 1. The highest BCUT2D eigenvalue weighted by atomic mass is 19.1. The van der Waals surface area contributed by atoms with E-state index in [1.54, 1.807) is 6.07 Å². The number of anilines is 1. The maximum Gasteiger partial charge on any atom is 0.146 e. The molecule has 18 heavy (non-hydrogen) atoms. The Morgan fingerprint density at radius 2 is 1.89 bits per heavy atom. The molecule has 2 nitrogen and oxygen atoms in total. The van der Waals surface area contributed by atoms with Crippen molar-refractivity contribution in [3.8, 4) is 0 Å². The molecule has 2 N–H and O–H groups in total. The number of likely N-dealkylation sites (N-methyl/N-ethyl adjacent to an activating group) is 1. The van der Waals surface area contributed by atoms with Crippen LogP contribution in [-0.2, 0) is 0 Å². The first-order valence-corrected chi connectivity index (χ1v) is 6.87. The molecule has 0 aliphatic carbocycles. The molecule has 0 spiro atoms. The minimum Gasteiger partial charge on any atom is -0.363 e. The number of hydrogen-bond acceptors (Lipinski definition) is 2. The van der Waals surface area contributed by atoms with Crippen LogP contribution in [0.15, 0.2) is 24.3 Å². The van der Waals surface area contributed by atoms with Gasteiger partial charge >= 0.3 is 0 Å². The summed E-state index contributed by atoms with van der Waals surface area (Å²) in [6, 6.07) is 6.96. The molecular weight excluding hydrogens is 227 g/mol. The SMILES string of the molecule is CCCC(CC)(CN)N(CC)c1ccccc1F. The molecule has 1 atom stereocenters. The average Bonchev–Trinajstić information content (AvgIpc) is 2.40. The molecule has 0 aliphatic heterocycles. The lowest BCUT2D eigenvalue weighted by atomic mass is 9.88. The minimum atomic E-state index is -0.165. The molecule has 0 saturated heterocycles. The summed E-state index contributed by atoms with van der Waals surface area (Å²) in [4.78, 5) is 2.13. The lowest BCUT2D eigenvalue weighted by molar-refractivity contribution is 0.351. The standard InChI is InChI=1S/C15H25FN2/c1-4-11-15(5-2,12-17)18(6-3)14-10-8-7-9-13(14)16/h7-10H,4-6,11-12,17H2,1-3H3. The largest absolute Gasteiger partial charge is 0.363 e. The molecule has 0 amide bonds. The van der Waals surface area contributed by atoms with E-state index in [0.29, 0.717) is 12.2 Å². The second-order valence-electron chi connectivity index (χ2n) is 4.73. The number of halogens is 1. The number of rotatable bonds is 7. The van der Waals surface area contributed by atoms with Crippen molar-refractivity contribution < 1.29 is 4.39 Å². The van der Waals surface area contributed by atoms with Crippen LogP contribution in [0.1, 0.15) is 40.0 Å². The molecule has 1 aromatic carbocycles. The van der Waals surface area contributed by atoms with Gasteiger partial charge in [-0.2, -0.15) is 0 Å². The fourth-order valence-electron chi connectivity index (χ4n) is 2.76. The van der Waals surface area contributed by atoms with Gasteiger partial charge in [-0.15, -0.1) is 0 Å². The van der Waals surface area contributed by atoms with Gasteiger partial charge in [-0.05, 0) is 31.9 Å². The Bertz CT molecular complexity index is 361. The van der Waals surface area contributed by atoms with Crippen molar-refractivity contribution in [2.24, 2.45) is 5.73 Å². The second-order valence-corrected chi connectivity index (χ2v) is 4.73. The number of nitrogens with two attached hydrogens (primary N) is 1. The summed E-state index contributed by atoms with van der Waals surface area (Å²) in [6.07, 6.45) is 2.97. The maximum atomic E-state index is 14.0. The first kappa shape index (κ1) is 15.0. The van der Waals surface area contributed by atoms with Gasteiger partial charge in [0, 0.05) is 13.1 Å². The van der Waals surface area contributed by atoms with E-state index in [0.717, 1.165) is 25.8 Å². The van der Waals surface area contributed by atoms with Crippen LogP contribution in [0.2, 0.25) is 0 Å². The Morgan fingerprint density at radius 1 is 1.22 bits per heavy atom. The van der Waals surface area contributed by atoms with E-state index in [1.165, 1.54) is 6.07 Å². The predicted octanol–water partition coefficient (Wildman–Crippen LogP) is 3.56. The van der Waals surface area contributed by atoms with E-state index < -0.39 is 0 Å². The number of nitrogens with zero attached hydrogens (tertiary/aromatic N) is 1. The van der Waals surface area contributed by atoms with Gasteiger partial charge in [0.1, 0.15) is 5.82 Å². The summed E-state index contributed by atoms with van der Waals surface area (Å²) in [5.41, 5.74) is 6.54. The van der Waals surface area contributed by atoms with Gasteiger partial charge in [0.2, 0.25) is 0 Å². The topological polar surface area (TPSA) is 29.3 Å². The molecule has 1 rings (SSSR count). The van der Waals surface area contributed by atoms with Crippen LogP contribution in [-0.4, -0.2) is 18.6 Å². The molecule has 1 aromatic rings. The van der Waals surface area contributed by atoms with Crippen molar-refractivity contribution in [3.05, 3.63) is 30.1 Å². The summed E-state index contributed by atoms with van der Waals surface area (Å²) in [5, 5.41) is 0.